The monoisotopic (exact) mass is 181 g/mol. The Morgan fingerprint density at radius 1 is 1.54 bits per heavy atom. The molecule has 0 fully saturated rings. The normalized spacial score (nSPS) is 13.1. The zero-order valence-corrected chi connectivity index (χ0v) is 8.70. The highest BCUT2D eigenvalue weighted by Crippen LogP contribution is 1.97. The second kappa shape index (κ2) is 7.55. The number of aliphatic imine (C=N–C) groups is 1. The van der Waals surface area contributed by atoms with Gasteiger partial charge in [-0.05, 0) is 13.3 Å². The van der Waals surface area contributed by atoms with Gasteiger partial charge >= 0.3 is 0 Å². The molecule has 0 atom stereocenters. The van der Waals surface area contributed by atoms with E-state index in [1.54, 1.807) is 13.4 Å². The summed E-state index contributed by atoms with van der Waals surface area (Å²) in [4.78, 5) is 4.05. The Hall–Kier alpha value is -1.09. The number of nitrogens with two attached hydrogens (primary N) is 1. The van der Waals surface area contributed by atoms with Gasteiger partial charge in [0.1, 0.15) is 0 Å². The van der Waals surface area contributed by atoms with E-state index in [9.17, 15) is 0 Å². The van der Waals surface area contributed by atoms with Crippen molar-refractivity contribution in [2.75, 3.05) is 13.6 Å². The smallest absolute Gasteiger partial charge is 0.0991 e. The van der Waals surface area contributed by atoms with Gasteiger partial charge in [-0.25, -0.2) is 5.84 Å². The van der Waals surface area contributed by atoms with Crippen LogP contribution >= 0.6 is 0 Å². The van der Waals surface area contributed by atoms with Crippen LogP contribution in [0.3, 0.4) is 0 Å². The van der Waals surface area contributed by atoms with Gasteiger partial charge in [0.15, 0.2) is 0 Å². The maximum Gasteiger partial charge on any atom is 0.0991 e. The first-order valence-corrected chi connectivity index (χ1v) is 4.46. The van der Waals surface area contributed by atoms with Gasteiger partial charge in [0, 0.05) is 7.05 Å². The van der Waals surface area contributed by atoms with Crippen LogP contribution in [0, 0.1) is 0 Å². The predicted octanol–water partition coefficient (Wildman–Crippen LogP) is 1.73. The molecule has 0 aromatic carbocycles. The van der Waals surface area contributed by atoms with Crippen molar-refractivity contribution in [3.8, 4) is 0 Å². The Kier molecular flexibility index (Phi) is 6.92. The SMILES string of the molecule is CC/C(C)=C/C=C/CN=CN(C)N. The quantitative estimate of drug-likeness (QED) is 0.231. The average molecular weight is 181 g/mol. The van der Waals surface area contributed by atoms with E-state index >= 15 is 0 Å². The lowest BCUT2D eigenvalue weighted by Gasteiger charge is -2.00. The van der Waals surface area contributed by atoms with E-state index in [4.69, 9.17) is 5.84 Å². The minimum absolute atomic E-state index is 0.676. The maximum absolute atomic E-state index is 5.32. The van der Waals surface area contributed by atoms with Crippen molar-refractivity contribution >= 4 is 6.34 Å². The highest BCUT2D eigenvalue weighted by Gasteiger charge is 1.78. The number of hydrogen-bond acceptors (Lipinski definition) is 2. The van der Waals surface area contributed by atoms with Gasteiger partial charge in [0.25, 0.3) is 0 Å². The summed E-state index contributed by atoms with van der Waals surface area (Å²) in [5.74, 6) is 5.32. The molecular weight excluding hydrogens is 162 g/mol. The van der Waals surface area contributed by atoms with Crippen LogP contribution in [0.15, 0.2) is 28.8 Å². The highest BCUT2D eigenvalue weighted by molar-refractivity contribution is 5.53. The van der Waals surface area contributed by atoms with Crippen LogP contribution in [0.1, 0.15) is 20.3 Å². The zero-order valence-electron chi connectivity index (χ0n) is 8.70. The first kappa shape index (κ1) is 11.9. The first-order chi connectivity index (χ1) is 6.16. The molecule has 3 heteroatoms. The number of rotatable bonds is 5. The van der Waals surface area contributed by atoms with Gasteiger partial charge in [0.2, 0.25) is 0 Å². The van der Waals surface area contributed by atoms with Crippen LogP contribution in [0.5, 0.6) is 0 Å². The van der Waals surface area contributed by atoms with Crippen molar-refractivity contribution in [3.63, 3.8) is 0 Å². The molecule has 0 amide bonds. The molecule has 0 aliphatic carbocycles. The zero-order chi connectivity index (χ0) is 10.1. The van der Waals surface area contributed by atoms with Crippen molar-refractivity contribution in [3.05, 3.63) is 23.8 Å². The standard InChI is InChI=1S/C10H19N3/c1-4-10(2)7-5-6-8-12-9-13(3)11/h5-7,9H,4,8,11H2,1-3H3/b6-5+,10-7+,12-9?. The molecule has 0 saturated heterocycles. The number of hydrogen-bond donors (Lipinski definition) is 1. The topological polar surface area (TPSA) is 41.6 Å². The van der Waals surface area contributed by atoms with Crippen LogP contribution in [0.2, 0.25) is 0 Å². The van der Waals surface area contributed by atoms with Crippen LogP contribution in [-0.2, 0) is 0 Å². The number of nitrogens with zero attached hydrogens (tertiary/aromatic N) is 2. The molecule has 0 aromatic heterocycles. The van der Waals surface area contributed by atoms with E-state index in [0.29, 0.717) is 6.54 Å². The Morgan fingerprint density at radius 3 is 2.77 bits per heavy atom. The van der Waals surface area contributed by atoms with Crippen LogP contribution in [-0.4, -0.2) is 24.9 Å². The van der Waals surface area contributed by atoms with Gasteiger partial charge < -0.3 is 5.01 Å². The largest absolute Gasteiger partial charge is 0.304 e. The third-order valence-electron chi connectivity index (χ3n) is 1.55. The average Bonchev–Trinajstić information content (AvgIpc) is 2.10. The number of hydrazine groups is 1. The molecule has 0 saturated carbocycles. The molecule has 74 valence electrons. The molecule has 0 spiro atoms. The van der Waals surface area contributed by atoms with E-state index in [1.165, 1.54) is 10.6 Å². The lowest BCUT2D eigenvalue weighted by Crippen LogP contribution is -2.23. The summed E-state index contributed by atoms with van der Waals surface area (Å²) >= 11 is 0. The summed E-state index contributed by atoms with van der Waals surface area (Å²) < 4.78 is 0. The Balaban J connectivity index is 3.64. The molecular formula is C10H19N3. The second-order valence-corrected chi connectivity index (χ2v) is 2.94. The predicted molar refractivity (Wildman–Crippen MR) is 58.5 cm³/mol. The fourth-order valence-electron chi connectivity index (χ4n) is 0.648. The van der Waals surface area contributed by atoms with Crippen LogP contribution in [0.25, 0.3) is 0 Å². The van der Waals surface area contributed by atoms with E-state index < -0.39 is 0 Å². The lowest BCUT2D eigenvalue weighted by molar-refractivity contribution is 0.554. The molecule has 13 heavy (non-hydrogen) atoms. The van der Waals surface area contributed by atoms with Gasteiger partial charge in [-0.1, -0.05) is 30.7 Å². The van der Waals surface area contributed by atoms with Gasteiger partial charge in [-0.3, -0.25) is 4.99 Å². The maximum atomic E-state index is 5.32. The van der Waals surface area contributed by atoms with E-state index in [0.717, 1.165) is 6.42 Å². The molecule has 0 bridgehead atoms. The third-order valence-corrected chi connectivity index (χ3v) is 1.55. The minimum atomic E-state index is 0.676. The van der Waals surface area contributed by atoms with E-state index in [2.05, 4.69) is 24.9 Å². The van der Waals surface area contributed by atoms with Gasteiger partial charge in [-0.15, -0.1) is 0 Å². The Morgan fingerprint density at radius 2 is 2.23 bits per heavy atom. The van der Waals surface area contributed by atoms with Crippen molar-refractivity contribution in [1.29, 1.82) is 0 Å². The first-order valence-electron chi connectivity index (χ1n) is 4.46. The fraction of sp³-hybridized carbons (Fsp3) is 0.500. The summed E-state index contributed by atoms with van der Waals surface area (Å²) in [6.45, 7) is 4.93. The summed E-state index contributed by atoms with van der Waals surface area (Å²) in [6, 6.07) is 0. The van der Waals surface area contributed by atoms with Crippen molar-refractivity contribution < 1.29 is 0 Å². The lowest BCUT2D eigenvalue weighted by atomic mass is 10.2. The summed E-state index contributed by atoms with van der Waals surface area (Å²) in [6.07, 6.45) is 8.81. The third kappa shape index (κ3) is 8.82. The molecule has 0 aromatic rings. The molecule has 0 radical (unpaired) electrons. The number of allylic oxidation sites excluding steroid dienone is 3. The van der Waals surface area contributed by atoms with Crippen molar-refractivity contribution in [2.24, 2.45) is 10.8 Å². The molecule has 0 rings (SSSR count). The summed E-state index contributed by atoms with van der Waals surface area (Å²) in [5.41, 5.74) is 1.37. The van der Waals surface area contributed by atoms with Crippen molar-refractivity contribution in [1.82, 2.24) is 5.01 Å². The fourth-order valence-corrected chi connectivity index (χ4v) is 0.648. The summed E-state index contributed by atoms with van der Waals surface area (Å²) in [5, 5.41) is 1.43. The molecule has 0 heterocycles. The van der Waals surface area contributed by atoms with Crippen LogP contribution in [0.4, 0.5) is 0 Å². The van der Waals surface area contributed by atoms with Gasteiger partial charge in [-0.2, -0.15) is 0 Å². The van der Waals surface area contributed by atoms with E-state index in [-0.39, 0.29) is 0 Å². The second-order valence-electron chi connectivity index (χ2n) is 2.94. The van der Waals surface area contributed by atoms with Crippen molar-refractivity contribution in [2.45, 2.75) is 20.3 Å². The van der Waals surface area contributed by atoms with Gasteiger partial charge in [0.05, 0.1) is 12.9 Å². The molecule has 3 nitrogen and oxygen atoms in total. The molecule has 2 N–H and O–H groups in total. The Labute approximate surface area is 80.6 Å². The molecule has 0 aliphatic rings. The molecule has 0 aliphatic heterocycles. The van der Waals surface area contributed by atoms with Crippen LogP contribution < -0.4 is 5.84 Å². The summed E-state index contributed by atoms with van der Waals surface area (Å²) in [7, 11) is 1.74. The Bertz CT molecular complexity index is 202. The minimum Gasteiger partial charge on any atom is -0.304 e. The highest BCUT2D eigenvalue weighted by atomic mass is 15.4. The van der Waals surface area contributed by atoms with E-state index in [1.807, 2.05) is 12.2 Å². The molecule has 0 unspecified atom stereocenters.